The first-order valence-corrected chi connectivity index (χ1v) is 7.04. The van der Waals surface area contributed by atoms with Gasteiger partial charge in [-0.2, -0.15) is 0 Å². The monoisotopic (exact) mass is 262 g/mol. The molecule has 19 heavy (non-hydrogen) atoms. The third-order valence-electron chi connectivity index (χ3n) is 3.54. The lowest BCUT2D eigenvalue weighted by Gasteiger charge is -2.16. The van der Waals surface area contributed by atoms with E-state index in [0.717, 1.165) is 11.9 Å². The molecule has 0 aliphatic heterocycles. The molecule has 1 aromatic heterocycles. The molecule has 0 saturated heterocycles. The summed E-state index contributed by atoms with van der Waals surface area (Å²) in [5.41, 5.74) is 2.57. The number of nitrogens with one attached hydrogen (secondary N) is 2. The summed E-state index contributed by atoms with van der Waals surface area (Å²) in [4.78, 5) is 13.8. The fourth-order valence-electron chi connectivity index (χ4n) is 2.43. The number of H-pyrrole nitrogens is 1. The van der Waals surface area contributed by atoms with Crippen LogP contribution in [0.15, 0.2) is 27.4 Å². The average Bonchev–Trinajstić information content (AvgIpc) is 2.78. The van der Waals surface area contributed by atoms with Crippen molar-refractivity contribution in [2.24, 2.45) is 0 Å². The maximum atomic E-state index is 11.1. The highest BCUT2D eigenvalue weighted by Crippen LogP contribution is 2.23. The lowest BCUT2D eigenvalue weighted by molar-refractivity contribution is 0.504. The number of fused-ring (bicyclic) bond motifs is 1. The first-order chi connectivity index (χ1) is 9.24. The molecule has 0 amide bonds. The summed E-state index contributed by atoms with van der Waals surface area (Å²) < 4.78 is 5.11. The van der Waals surface area contributed by atoms with E-state index in [0.29, 0.717) is 11.6 Å². The van der Waals surface area contributed by atoms with Gasteiger partial charge < -0.3 is 9.73 Å². The predicted molar refractivity (Wildman–Crippen MR) is 77.4 cm³/mol. The minimum Gasteiger partial charge on any atom is -0.408 e. The van der Waals surface area contributed by atoms with Gasteiger partial charge in [-0.15, -0.1) is 0 Å². The Kier molecular flexibility index (Phi) is 4.80. The van der Waals surface area contributed by atoms with Gasteiger partial charge in [0.1, 0.15) is 0 Å². The molecule has 4 heteroatoms. The molecule has 1 unspecified atom stereocenters. The minimum atomic E-state index is -0.392. The van der Waals surface area contributed by atoms with Gasteiger partial charge in [-0.25, -0.2) is 4.79 Å². The van der Waals surface area contributed by atoms with Crippen LogP contribution in [0.1, 0.15) is 50.6 Å². The molecule has 104 valence electrons. The first-order valence-electron chi connectivity index (χ1n) is 7.04. The van der Waals surface area contributed by atoms with Crippen LogP contribution in [0.25, 0.3) is 11.1 Å². The molecule has 1 atom stereocenters. The van der Waals surface area contributed by atoms with Crippen molar-refractivity contribution in [3.8, 4) is 0 Å². The van der Waals surface area contributed by atoms with E-state index in [1.807, 2.05) is 19.2 Å². The number of aromatic nitrogens is 1. The molecule has 2 aromatic rings. The number of aromatic amines is 1. The standard InChI is InChI=1S/C15H22N2O2/c1-3-4-5-6-7-12(16-2)11-8-9-13-14(10-11)19-15(18)17-13/h8-10,12,16H,3-7H2,1-2H3,(H,17,18). The molecule has 0 radical (unpaired) electrons. The molecule has 4 nitrogen and oxygen atoms in total. The number of rotatable bonds is 7. The van der Waals surface area contributed by atoms with Crippen molar-refractivity contribution in [2.45, 2.75) is 45.1 Å². The Bertz CT molecular complexity index is 571. The van der Waals surface area contributed by atoms with E-state index in [2.05, 4.69) is 23.3 Å². The lowest BCUT2D eigenvalue weighted by Crippen LogP contribution is -2.16. The number of benzene rings is 1. The van der Waals surface area contributed by atoms with Gasteiger partial charge in [0.15, 0.2) is 5.58 Å². The maximum absolute atomic E-state index is 11.1. The van der Waals surface area contributed by atoms with Crippen LogP contribution in [0.2, 0.25) is 0 Å². The number of oxazole rings is 1. The average molecular weight is 262 g/mol. The van der Waals surface area contributed by atoms with Crippen LogP contribution in [0.4, 0.5) is 0 Å². The van der Waals surface area contributed by atoms with Gasteiger partial charge in [-0.3, -0.25) is 4.98 Å². The summed E-state index contributed by atoms with van der Waals surface area (Å²) in [5.74, 6) is -0.392. The molecular weight excluding hydrogens is 240 g/mol. The van der Waals surface area contributed by atoms with Crippen molar-refractivity contribution in [2.75, 3.05) is 7.05 Å². The van der Waals surface area contributed by atoms with Crippen molar-refractivity contribution in [3.05, 3.63) is 34.3 Å². The Labute approximate surface area is 113 Å². The van der Waals surface area contributed by atoms with Crippen molar-refractivity contribution in [1.29, 1.82) is 0 Å². The van der Waals surface area contributed by atoms with Gasteiger partial charge in [0.05, 0.1) is 5.52 Å². The second-order valence-electron chi connectivity index (χ2n) is 4.96. The van der Waals surface area contributed by atoms with Crippen molar-refractivity contribution in [3.63, 3.8) is 0 Å². The summed E-state index contributed by atoms with van der Waals surface area (Å²) in [7, 11) is 1.97. The van der Waals surface area contributed by atoms with E-state index in [1.54, 1.807) is 0 Å². The Balaban J connectivity index is 2.08. The summed E-state index contributed by atoms with van der Waals surface area (Å²) in [6, 6.07) is 6.23. The van der Waals surface area contributed by atoms with E-state index in [1.165, 1.54) is 31.2 Å². The van der Waals surface area contributed by atoms with Gasteiger partial charge in [-0.05, 0) is 31.2 Å². The largest absolute Gasteiger partial charge is 0.417 e. The molecule has 1 aromatic carbocycles. The molecule has 2 N–H and O–H groups in total. The van der Waals surface area contributed by atoms with Gasteiger partial charge in [-0.1, -0.05) is 38.7 Å². The summed E-state index contributed by atoms with van der Waals surface area (Å²) in [5, 5.41) is 3.34. The number of hydrogen-bond donors (Lipinski definition) is 2. The molecule has 0 saturated carbocycles. The highest BCUT2D eigenvalue weighted by molar-refractivity contribution is 5.72. The smallest absolute Gasteiger partial charge is 0.408 e. The van der Waals surface area contributed by atoms with Gasteiger partial charge in [0.25, 0.3) is 0 Å². The van der Waals surface area contributed by atoms with Crippen LogP contribution in [0.5, 0.6) is 0 Å². The number of unbranched alkanes of at least 4 members (excludes halogenated alkanes) is 3. The highest BCUT2D eigenvalue weighted by atomic mass is 16.4. The van der Waals surface area contributed by atoms with Crippen molar-refractivity contribution in [1.82, 2.24) is 10.3 Å². The quantitative estimate of drug-likeness (QED) is 0.752. The Morgan fingerprint density at radius 1 is 1.32 bits per heavy atom. The zero-order valence-electron chi connectivity index (χ0n) is 11.7. The molecule has 0 spiro atoms. The fourth-order valence-corrected chi connectivity index (χ4v) is 2.43. The minimum absolute atomic E-state index is 0.321. The normalized spacial score (nSPS) is 12.9. The molecule has 0 bridgehead atoms. The van der Waals surface area contributed by atoms with Crippen LogP contribution in [-0.2, 0) is 0 Å². The van der Waals surface area contributed by atoms with Crippen LogP contribution in [-0.4, -0.2) is 12.0 Å². The number of hydrogen-bond acceptors (Lipinski definition) is 3. The molecule has 2 rings (SSSR count). The molecule has 0 aliphatic rings. The van der Waals surface area contributed by atoms with Crippen molar-refractivity contribution < 1.29 is 4.42 Å². The fraction of sp³-hybridized carbons (Fsp3) is 0.533. The Morgan fingerprint density at radius 3 is 2.89 bits per heavy atom. The SMILES string of the molecule is CCCCCCC(NC)c1ccc2[nH]c(=O)oc2c1. The molecule has 0 aliphatic carbocycles. The van der Waals surface area contributed by atoms with E-state index < -0.39 is 5.76 Å². The second-order valence-corrected chi connectivity index (χ2v) is 4.96. The van der Waals surface area contributed by atoms with Gasteiger partial charge >= 0.3 is 5.76 Å². The predicted octanol–water partition coefficient (Wildman–Crippen LogP) is 3.35. The Hall–Kier alpha value is -1.55. The summed E-state index contributed by atoms with van der Waals surface area (Å²) >= 11 is 0. The third-order valence-corrected chi connectivity index (χ3v) is 3.54. The summed E-state index contributed by atoms with van der Waals surface area (Å²) in [6.07, 6.45) is 6.15. The Morgan fingerprint density at radius 2 is 2.16 bits per heavy atom. The van der Waals surface area contributed by atoms with Crippen molar-refractivity contribution >= 4 is 11.1 Å². The van der Waals surface area contributed by atoms with Crippen LogP contribution >= 0.6 is 0 Å². The molecular formula is C15H22N2O2. The zero-order chi connectivity index (χ0) is 13.7. The third kappa shape index (κ3) is 3.47. The van der Waals surface area contributed by atoms with Gasteiger partial charge in [0.2, 0.25) is 0 Å². The van der Waals surface area contributed by atoms with Gasteiger partial charge in [0, 0.05) is 6.04 Å². The van der Waals surface area contributed by atoms with E-state index in [4.69, 9.17) is 4.42 Å². The van der Waals surface area contributed by atoms with E-state index >= 15 is 0 Å². The second kappa shape index (κ2) is 6.57. The van der Waals surface area contributed by atoms with E-state index in [9.17, 15) is 4.79 Å². The highest BCUT2D eigenvalue weighted by Gasteiger charge is 2.11. The van der Waals surface area contributed by atoms with Crippen LogP contribution < -0.4 is 11.1 Å². The van der Waals surface area contributed by atoms with Crippen LogP contribution in [0, 0.1) is 0 Å². The van der Waals surface area contributed by atoms with E-state index in [-0.39, 0.29) is 0 Å². The zero-order valence-corrected chi connectivity index (χ0v) is 11.7. The van der Waals surface area contributed by atoms with Crippen LogP contribution in [0.3, 0.4) is 0 Å². The topological polar surface area (TPSA) is 58.0 Å². The molecule has 1 heterocycles. The molecule has 0 fully saturated rings. The first kappa shape index (κ1) is 13.9. The summed E-state index contributed by atoms with van der Waals surface area (Å²) in [6.45, 7) is 2.22. The lowest BCUT2D eigenvalue weighted by atomic mass is 10.00. The maximum Gasteiger partial charge on any atom is 0.417 e.